The number of likely N-dealkylation sites (tertiary alicyclic amines) is 1. The lowest BCUT2D eigenvalue weighted by atomic mass is 9.71. The van der Waals surface area contributed by atoms with Gasteiger partial charge in [0.25, 0.3) is 0 Å². The highest BCUT2D eigenvalue weighted by Gasteiger charge is 2.60. The second-order valence-corrected chi connectivity index (χ2v) is 15.8. The van der Waals surface area contributed by atoms with Crippen LogP contribution in [0.3, 0.4) is 0 Å². The largest absolute Gasteiger partial charge is 0.493 e. The van der Waals surface area contributed by atoms with E-state index in [0.29, 0.717) is 53.3 Å². The van der Waals surface area contributed by atoms with Crippen molar-refractivity contribution in [2.75, 3.05) is 33.3 Å². The first-order valence-corrected chi connectivity index (χ1v) is 18.5. The Hall–Kier alpha value is -3.62. The molecule has 8 nitrogen and oxygen atoms in total. The Morgan fingerprint density at radius 3 is 2.08 bits per heavy atom. The number of piperidine rings is 1. The molecule has 268 valence electrons. The van der Waals surface area contributed by atoms with Crippen LogP contribution in [0, 0.1) is 5.92 Å². The molecule has 2 atom stereocenters. The van der Waals surface area contributed by atoms with Crippen LogP contribution >= 0.6 is 23.2 Å². The van der Waals surface area contributed by atoms with Crippen molar-refractivity contribution in [3.05, 3.63) is 93.2 Å². The van der Waals surface area contributed by atoms with Crippen LogP contribution in [0.25, 0.3) is 0 Å². The van der Waals surface area contributed by atoms with Crippen LogP contribution in [-0.4, -0.2) is 70.7 Å². The van der Waals surface area contributed by atoms with Gasteiger partial charge in [0.05, 0.1) is 12.2 Å². The predicted octanol–water partition coefficient (Wildman–Crippen LogP) is 9.07. The fourth-order valence-electron chi connectivity index (χ4n) is 7.19. The molecule has 0 unspecified atom stereocenters. The molecule has 1 fully saturated rings. The van der Waals surface area contributed by atoms with Gasteiger partial charge in [-0.25, -0.2) is 4.79 Å². The van der Waals surface area contributed by atoms with E-state index in [1.54, 1.807) is 6.20 Å². The Bertz CT molecular complexity index is 1710. The number of halogens is 2. The predicted molar refractivity (Wildman–Crippen MR) is 202 cm³/mol. The van der Waals surface area contributed by atoms with E-state index in [1.165, 1.54) is 0 Å². The van der Waals surface area contributed by atoms with Gasteiger partial charge in [-0.2, -0.15) is 0 Å². The van der Waals surface area contributed by atoms with Gasteiger partial charge in [0, 0.05) is 66.5 Å². The third-order valence-corrected chi connectivity index (χ3v) is 11.0. The van der Waals surface area contributed by atoms with E-state index >= 15 is 4.79 Å². The van der Waals surface area contributed by atoms with Gasteiger partial charge in [-0.15, -0.1) is 0 Å². The molecule has 0 aliphatic carbocycles. The zero-order valence-corrected chi connectivity index (χ0v) is 32.2. The molecule has 50 heavy (non-hydrogen) atoms. The highest BCUT2D eigenvalue weighted by atomic mass is 35.5. The Morgan fingerprint density at radius 1 is 0.960 bits per heavy atom. The van der Waals surface area contributed by atoms with Gasteiger partial charge in [-0.1, -0.05) is 75.2 Å². The first-order chi connectivity index (χ1) is 23.6. The standard InChI is InChI=1S/C40H51Cl2N5O3/c1-9-21-45(8)35(48)24-27-19-22-46(23-20-27)37(49)47-36(32-26-43-34(38(3,4)5)25-33(32)50-10-2)44-39(6,28-11-15-30(41)16-12-28)40(47,7)29-13-17-31(42)18-14-29/h11-18,25-27H,9-10,19-24H2,1-8H3/t39-,40+/m0/s1. The van der Waals surface area contributed by atoms with E-state index < -0.39 is 11.1 Å². The average molecular weight is 721 g/mol. The number of rotatable bonds is 9. The number of carbonyl (C=O) groups is 2. The second kappa shape index (κ2) is 14.9. The summed E-state index contributed by atoms with van der Waals surface area (Å²) >= 11 is 12.8. The van der Waals surface area contributed by atoms with E-state index in [9.17, 15) is 4.79 Å². The molecular weight excluding hydrogens is 669 g/mol. The van der Waals surface area contributed by atoms with Gasteiger partial charge in [0.1, 0.15) is 22.7 Å². The van der Waals surface area contributed by atoms with E-state index in [1.807, 2.05) is 83.3 Å². The summed E-state index contributed by atoms with van der Waals surface area (Å²) in [4.78, 5) is 44.1. The van der Waals surface area contributed by atoms with Crippen LogP contribution in [0.1, 0.15) is 96.5 Å². The fourth-order valence-corrected chi connectivity index (χ4v) is 7.44. The molecule has 10 heteroatoms. The Kier molecular flexibility index (Phi) is 11.2. The minimum Gasteiger partial charge on any atom is -0.493 e. The summed E-state index contributed by atoms with van der Waals surface area (Å²) in [5.74, 6) is 1.49. The molecule has 0 spiro atoms. The molecule has 2 aliphatic rings. The molecule has 3 heterocycles. The highest BCUT2D eigenvalue weighted by Crippen LogP contribution is 2.54. The number of aromatic nitrogens is 1. The molecule has 3 amide bonds. The summed E-state index contributed by atoms with van der Waals surface area (Å²) in [7, 11) is 1.87. The Morgan fingerprint density at radius 2 is 1.54 bits per heavy atom. The van der Waals surface area contributed by atoms with Crippen molar-refractivity contribution in [2.24, 2.45) is 10.9 Å². The Labute approximate surface area is 307 Å². The molecule has 1 saturated heterocycles. The molecule has 1 aromatic heterocycles. The van der Waals surface area contributed by atoms with E-state index in [0.717, 1.165) is 42.6 Å². The van der Waals surface area contributed by atoms with Gasteiger partial charge in [0.2, 0.25) is 5.91 Å². The lowest BCUT2D eigenvalue weighted by molar-refractivity contribution is -0.131. The summed E-state index contributed by atoms with van der Waals surface area (Å²) in [6.07, 6.45) is 4.71. The van der Waals surface area contributed by atoms with Gasteiger partial charge < -0.3 is 14.5 Å². The van der Waals surface area contributed by atoms with E-state index in [2.05, 4.69) is 41.5 Å². The van der Waals surface area contributed by atoms with Crippen molar-refractivity contribution in [2.45, 2.75) is 90.6 Å². The normalized spacial score (nSPS) is 21.3. The third-order valence-electron chi connectivity index (χ3n) is 10.4. The van der Waals surface area contributed by atoms with Crippen LogP contribution < -0.4 is 4.74 Å². The molecule has 5 rings (SSSR count). The minimum absolute atomic E-state index is 0.158. The van der Waals surface area contributed by atoms with Gasteiger partial charge in [0.15, 0.2) is 0 Å². The minimum atomic E-state index is -1.01. The number of benzene rings is 2. The van der Waals surface area contributed by atoms with Crippen LogP contribution in [0.4, 0.5) is 4.79 Å². The molecule has 3 aromatic rings. The zero-order chi connectivity index (χ0) is 36.4. The number of carbonyl (C=O) groups excluding carboxylic acids is 2. The summed E-state index contributed by atoms with van der Waals surface area (Å²) in [6, 6.07) is 17.2. The molecule has 0 saturated carbocycles. The fraction of sp³-hybridized carbons (Fsp3) is 0.500. The van der Waals surface area contributed by atoms with Crippen molar-refractivity contribution in [1.82, 2.24) is 19.7 Å². The zero-order valence-electron chi connectivity index (χ0n) is 30.7. The summed E-state index contributed by atoms with van der Waals surface area (Å²) in [6.45, 7) is 16.8. The average Bonchev–Trinajstić information content (AvgIpc) is 3.32. The molecule has 2 aliphatic heterocycles. The van der Waals surface area contributed by atoms with Crippen LogP contribution in [0.15, 0.2) is 65.8 Å². The quantitative estimate of drug-likeness (QED) is 0.221. The summed E-state index contributed by atoms with van der Waals surface area (Å²) < 4.78 is 6.28. The number of ether oxygens (including phenoxy) is 1. The number of hydrogen-bond acceptors (Lipinski definition) is 5. The maximum absolute atomic E-state index is 15.2. The van der Waals surface area contributed by atoms with Crippen molar-refractivity contribution >= 4 is 41.0 Å². The summed E-state index contributed by atoms with van der Waals surface area (Å²) in [5, 5.41) is 1.22. The smallest absolute Gasteiger partial charge is 0.326 e. The van der Waals surface area contributed by atoms with Crippen molar-refractivity contribution < 1.29 is 14.3 Å². The lowest BCUT2D eigenvalue weighted by Gasteiger charge is -2.47. The monoisotopic (exact) mass is 719 g/mol. The first kappa shape index (κ1) is 37.6. The highest BCUT2D eigenvalue weighted by molar-refractivity contribution is 6.30. The number of aliphatic imine (C=N–C) groups is 1. The molecular formula is C40H51Cl2N5O3. The molecule has 0 bridgehead atoms. The first-order valence-electron chi connectivity index (χ1n) is 17.7. The molecule has 0 N–H and O–H groups in total. The topological polar surface area (TPSA) is 78.3 Å². The van der Waals surface area contributed by atoms with Gasteiger partial charge in [-0.3, -0.25) is 19.7 Å². The SMILES string of the molecule is CCCN(C)C(=O)CC1CCN(C(=O)N2C(c3cnc(C(C)(C)C)cc3OCC)=N[C@@](C)(c3ccc(Cl)cc3)[C@@]2(C)c2ccc(Cl)cc2)CC1. The second-order valence-electron chi connectivity index (χ2n) is 14.9. The van der Waals surface area contributed by atoms with Crippen molar-refractivity contribution in [1.29, 1.82) is 0 Å². The maximum atomic E-state index is 15.2. The maximum Gasteiger partial charge on any atom is 0.326 e. The summed E-state index contributed by atoms with van der Waals surface area (Å²) in [5.41, 5.74) is 1.11. The van der Waals surface area contributed by atoms with Gasteiger partial charge >= 0.3 is 6.03 Å². The molecule has 2 aromatic carbocycles. The number of amides is 3. The third kappa shape index (κ3) is 7.24. The van der Waals surface area contributed by atoms with E-state index in [4.69, 9.17) is 37.9 Å². The Balaban J connectivity index is 1.64. The number of urea groups is 1. The van der Waals surface area contributed by atoms with Gasteiger partial charge in [-0.05, 0) is 81.3 Å². The van der Waals surface area contributed by atoms with Crippen molar-refractivity contribution in [3.8, 4) is 5.75 Å². The van der Waals surface area contributed by atoms with Crippen LogP contribution in [-0.2, 0) is 21.3 Å². The van der Waals surface area contributed by atoms with Crippen LogP contribution in [0.2, 0.25) is 10.0 Å². The number of amidine groups is 1. The van der Waals surface area contributed by atoms with Crippen molar-refractivity contribution in [3.63, 3.8) is 0 Å². The number of hydrogen-bond donors (Lipinski definition) is 0. The molecule has 0 radical (unpaired) electrons. The number of nitrogens with zero attached hydrogens (tertiary/aromatic N) is 5. The number of pyridine rings is 1. The van der Waals surface area contributed by atoms with E-state index in [-0.39, 0.29) is 23.3 Å². The lowest BCUT2D eigenvalue weighted by Crippen LogP contribution is -2.59. The van der Waals surface area contributed by atoms with Crippen LogP contribution in [0.5, 0.6) is 5.75 Å².